The largest absolute Gasteiger partial charge is 0.339 e. The Bertz CT molecular complexity index is 441. The number of piperazine rings is 1. The second kappa shape index (κ2) is 6.17. The van der Waals surface area contributed by atoms with Crippen molar-refractivity contribution in [2.45, 2.75) is 13.5 Å². The SMILES string of the molecule is CC(=O)N1CCN(C(=O)NCc2ccncc2)CC1. The molecule has 2 heterocycles. The van der Waals surface area contributed by atoms with Crippen LogP contribution >= 0.6 is 0 Å². The fraction of sp³-hybridized carbons (Fsp3) is 0.462. The monoisotopic (exact) mass is 262 g/mol. The number of pyridine rings is 1. The first-order chi connectivity index (χ1) is 9.16. The van der Waals surface area contributed by atoms with Crippen LogP contribution in [0.2, 0.25) is 0 Å². The van der Waals surface area contributed by atoms with Gasteiger partial charge >= 0.3 is 6.03 Å². The van der Waals surface area contributed by atoms with E-state index in [4.69, 9.17) is 0 Å². The number of nitrogens with zero attached hydrogens (tertiary/aromatic N) is 3. The second-order valence-electron chi connectivity index (χ2n) is 4.51. The predicted molar refractivity (Wildman–Crippen MR) is 70.3 cm³/mol. The number of nitrogens with one attached hydrogen (secondary N) is 1. The van der Waals surface area contributed by atoms with Crippen molar-refractivity contribution < 1.29 is 9.59 Å². The van der Waals surface area contributed by atoms with E-state index in [2.05, 4.69) is 10.3 Å². The average molecular weight is 262 g/mol. The molecule has 1 N–H and O–H groups in total. The summed E-state index contributed by atoms with van der Waals surface area (Å²) in [4.78, 5) is 30.6. The highest BCUT2D eigenvalue weighted by Gasteiger charge is 2.21. The molecule has 0 aromatic carbocycles. The van der Waals surface area contributed by atoms with E-state index in [0.717, 1.165) is 5.56 Å². The third-order valence-electron chi connectivity index (χ3n) is 3.21. The molecular weight excluding hydrogens is 244 g/mol. The third-order valence-corrected chi connectivity index (χ3v) is 3.21. The second-order valence-corrected chi connectivity index (χ2v) is 4.51. The van der Waals surface area contributed by atoms with Crippen molar-refractivity contribution in [1.82, 2.24) is 20.1 Å². The van der Waals surface area contributed by atoms with Gasteiger partial charge in [-0.3, -0.25) is 9.78 Å². The molecular formula is C13H18N4O2. The average Bonchev–Trinajstić information content (AvgIpc) is 2.46. The van der Waals surface area contributed by atoms with E-state index >= 15 is 0 Å². The zero-order valence-corrected chi connectivity index (χ0v) is 11.0. The molecule has 0 saturated carbocycles. The lowest BCUT2D eigenvalue weighted by atomic mass is 10.3. The lowest BCUT2D eigenvalue weighted by Crippen LogP contribution is -2.52. The maximum Gasteiger partial charge on any atom is 0.317 e. The van der Waals surface area contributed by atoms with Gasteiger partial charge in [-0.2, -0.15) is 0 Å². The minimum Gasteiger partial charge on any atom is -0.339 e. The van der Waals surface area contributed by atoms with Crippen LogP contribution < -0.4 is 5.32 Å². The number of amides is 3. The van der Waals surface area contributed by atoms with Crippen molar-refractivity contribution >= 4 is 11.9 Å². The van der Waals surface area contributed by atoms with Gasteiger partial charge in [0.15, 0.2) is 0 Å². The van der Waals surface area contributed by atoms with Gasteiger partial charge in [-0.05, 0) is 17.7 Å². The highest BCUT2D eigenvalue weighted by atomic mass is 16.2. The van der Waals surface area contributed by atoms with Crippen molar-refractivity contribution in [3.05, 3.63) is 30.1 Å². The molecule has 1 saturated heterocycles. The Morgan fingerprint density at radius 3 is 2.32 bits per heavy atom. The number of carbonyl (C=O) groups excluding carboxylic acids is 2. The number of rotatable bonds is 2. The van der Waals surface area contributed by atoms with Crippen molar-refractivity contribution in [3.8, 4) is 0 Å². The Labute approximate surface area is 112 Å². The van der Waals surface area contributed by atoms with Crippen molar-refractivity contribution in [2.24, 2.45) is 0 Å². The van der Waals surface area contributed by atoms with Gasteiger partial charge in [0.2, 0.25) is 5.91 Å². The molecule has 2 rings (SSSR count). The number of hydrogen-bond donors (Lipinski definition) is 1. The standard InChI is InChI=1S/C13H18N4O2/c1-11(18)16-6-8-17(9-7-16)13(19)15-10-12-2-4-14-5-3-12/h2-5H,6-10H2,1H3,(H,15,19). The fourth-order valence-electron chi connectivity index (χ4n) is 2.01. The summed E-state index contributed by atoms with van der Waals surface area (Å²) in [6, 6.07) is 3.65. The van der Waals surface area contributed by atoms with E-state index < -0.39 is 0 Å². The van der Waals surface area contributed by atoms with Crippen molar-refractivity contribution in [2.75, 3.05) is 26.2 Å². The van der Waals surface area contributed by atoms with Gasteiger partial charge in [0, 0.05) is 52.0 Å². The van der Waals surface area contributed by atoms with Gasteiger partial charge in [0.25, 0.3) is 0 Å². The van der Waals surface area contributed by atoms with E-state index in [9.17, 15) is 9.59 Å². The van der Waals surface area contributed by atoms with Crippen LogP contribution in [-0.2, 0) is 11.3 Å². The lowest BCUT2D eigenvalue weighted by Gasteiger charge is -2.34. The molecule has 3 amide bonds. The molecule has 0 aliphatic carbocycles. The molecule has 0 atom stereocenters. The first kappa shape index (κ1) is 13.3. The van der Waals surface area contributed by atoms with Gasteiger partial charge in [-0.15, -0.1) is 0 Å². The van der Waals surface area contributed by atoms with Crippen LogP contribution in [0.15, 0.2) is 24.5 Å². The summed E-state index contributed by atoms with van der Waals surface area (Å²) < 4.78 is 0. The normalized spacial score (nSPS) is 15.2. The molecule has 1 aromatic heterocycles. The van der Waals surface area contributed by atoms with E-state index in [0.29, 0.717) is 32.7 Å². The summed E-state index contributed by atoms with van der Waals surface area (Å²) in [5, 5.41) is 2.87. The van der Waals surface area contributed by atoms with Gasteiger partial charge in [-0.1, -0.05) is 0 Å². The zero-order chi connectivity index (χ0) is 13.7. The van der Waals surface area contributed by atoms with E-state index in [1.807, 2.05) is 12.1 Å². The molecule has 0 radical (unpaired) electrons. The molecule has 1 aromatic rings. The lowest BCUT2D eigenvalue weighted by molar-refractivity contribution is -0.130. The third kappa shape index (κ3) is 3.67. The topological polar surface area (TPSA) is 65.5 Å². The van der Waals surface area contributed by atoms with E-state index in [-0.39, 0.29) is 11.9 Å². The van der Waals surface area contributed by atoms with Gasteiger partial charge < -0.3 is 15.1 Å². The molecule has 0 spiro atoms. The van der Waals surface area contributed by atoms with Crippen LogP contribution in [-0.4, -0.2) is 52.9 Å². The highest BCUT2D eigenvalue weighted by molar-refractivity contribution is 5.76. The van der Waals surface area contributed by atoms with Crippen LogP contribution in [0.5, 0.6) is 0 Å². The van der Waals surface area contributed by atoms with Gasteiger partial charge in [-0.25, -0.2) is 4.79 Å². The minimum absolute atomic E-state index is 0.0665. The molecule has 1 fully saturated rings. The molecule has 0 bridgehead atoms. The summed E-state index contributed by atoms with van der Waals surface area (Å²) in [5.41, 5.74) is 1.02. The van der Waals surface area contributed by atoms with Gasteiger partial charge in [0.05, 0.1) is 0 Å². The quantitative estimate of drug-likeness (QED) is 0.842. The van der Waals surface area contributed by atoms with Crippen LogP contribution in [0.1, 0.15) is 12.5 Å². The van der Waals surface area contributed by atoms with Crippen LogP contribution in [0.3, 0.4) is 0 Å². The minimum atomic E-state index is -0.0833. The van der Waals surface area contributed by atoms with Crippen molar-refractivity contribution in [1.29, 1.82) is 0 Å². The maximum absolute atomic E-state index is 11.9. The number of urea groups is 1. The Morgan fingerprint density at radius 1 is 1.16 bits per heavy atom. The number of aromatic nitrogens is 1. The first-order valence-electron chi connectivity index (χ1n) is 6.34. The summed E-state index contributed by atoms with van der Waals surface area (Å²) in [7, 11) is 0. The summed E-state index contributed by atoms with van der Waals surface area (Å²) in [6.07, 6.45) is 3.40. The van der Waals surface area contributed by atoms with Crippen LogP contribution in [0.4, 0.5) is 4.79 Å². The molecule has 0 unspecified atom stereocenters. The Kier molecular flexibility index (Phi) is 4.33. The molecule has 19 heavy (non-hydrogen) atoms. The Morgan fingerprint density at radius 2 is 1.74 bits per heavy atom. The Balaban J connectivity index is 1.77. The van der Waals surface area contributed by atoms with Crippen LogP contribution in [0, 0.1) is 0 Å². The summed E-state index contributed by atoms with van der Waals surface area (Å²) in [5.74, 6) is 0.0665. The summed E-state index contributed by atoms with van der Waals surface area (Å²) >= 11 is 0. The Hall–Kier alpha value is -2.11. The molecule has 6 heteroatoms. The molecule has 1 aliphatic heterocycles. The van der Waals surface area contributed by atoms with E-state index in [1.165, 1.54) is 0 Å². The molecule has 6 nitrogen and oxygen atoms in total. The number of hydrogen-bond acceptors (Lipinski definition) is 3. The molecule has 102 valence electrons. The number of carbonyl (C=O) groups is 2. The smallest absolute Gasteiger partial charge is 0.317 e. The first-order valence-corrected chi connectivity index (χ1v) is 6.34. The van der Waals surface area contributed by atoms with Gasteiger partial charge in [0.1, 0.15) is 0 Å². The maximum atomic E-state index is 11.9. The van der Waals surface area contributed by atoms with Crippen molar-refractivity contribution in [3.63, 3.8) is 0 Å². The van der Waals surface area contributed by atoms with E-state index in [1.54, 1.807) is 29.1 Å². The van der Waals surface area contributed by atoms with Crippen LogP contribution in [0.25, 0.3) is 0 Å². The molecule has 1 aliphatic rings. The summed E-state index contributed by atoms with van der Waals surface area (Å²) in [6.45, 7) is 4.44. The predicted octanol–water partition coefficient (Wildman–Crippen LogP) is 0.455. The highest BCUT2D eigenvalue weighted by Crippen LogP contribution is 2.03. The zero-order valence-electron chi connectivity index (χ0n) is 11.0. The fourth-order valence-corrected chi connectivity index (χ4v) is 2.01.